The number of aryl methyl sites for hydroxylation is 2. The second-order valence-corrected chi connectivity index (χ2v) is 3.98. The molecule has 0 aromatic carbocycles. The maximum absolute atomic E-state index is 4.38. The van der Waals surface area contributed by atoms with Crippen molar-refractivity contribution in [1.82, 2.24) is 9.55 Å². The van der Waals surface area contributed by atoms with Crippen LogP contribution in [0.4, 0.5) is 5.95 Å². The Bertz CT molecular complexity index is 286. The first-order valence-corrected chi connectivity index (χ1v) is 4.99. The van der Waals surface area contributed by atoms with Gasteiger partial charge in [0.1, 0.15) is 0 Å². The molecule has 0 spiro atoms. The Kier molecular flexibility index (Phi) is 2.25. The zero-order valence-corrected chi connectivity index (χ0v) is 8.38. The van der Waals surface area contributed by atoms with Crippen molar-refractivity contribution in [2.45, 2.75) is 26.2 Å². The number of nitrogens with one attached hydrogen (secondary N) is 1. The summed E-state index contributed by atoms with van der Waals surface area (Å²) in [5.74, 6) is 1.99. The van der Waals surface area contributed by atoms with E-state index in [0.29, 0.717) is 0 Å². The van der Waals surface area contributed by atoms with Crippen molar-refractivity contribution in [3.63, 3.8) is 0 Å². The average molecular weight is 179 g/mol. The van der Waals surface area contributed by atoms with Crippen LogP contribution in [0.25, 0.3) is 0 Å². The van der Waals surface area contributed by atoms with Crippen LogP contribution in [0.3, 0.4) is 0 Å². The van der Waals surface area contributed by atoms with Gasteiger partial charge in [0.25, 0.3) is 0 Å². The van der Waals surface area contributed by atoms with Gasteiger partial charge in [-0.05, 0) is 19.3 Å². The lowest BCUT2D eigenvalue weighted by molar-refractivity contribution is 0.750. The minimum Gasteiger partial charge on any atom is -0.356 e. The van der Waals surface area contributed by atoms with Gasteiger partial charge in [-0.2, -0.15) is 0 Å². The van der Waals surface area contributed by atoms with Gasteiger partial charge in [-0.25, -0.2) is 4.98 Å². The fourth-order valence-corrected chi connectivity index (χ4v) is 1.58. The average Bonchev–Trinajstić information content (AvgIpc) is 2.81. The van der Waals surface area contributed by atoms with Crippen LogP contribution in [0.2, 0.25) is 0 Å². The predicted octanol–water partition coefficient (Wildman–Crippen LogP) is 1.94. The Hall–Kier alpha value is -0.990. The van der Waals surface area contributed by atoms with Gasteiger partial charge >= 0.3 is 0 Å². The van der Waals surface area contributed by atoms with Crippen LogP contribution in [-0.2, 0) is 7.05 Å². The monoisotopic (exact) mass is 179 g/mol. The lowest BCUT2D eigenvalue weighted by atomic mass is 10.3. The Morgan fingerprint density at radius 1 is 1.62 bits per heavy atom. The van der Waals surface area contributed by atoms with E-state index in [1.54, 1.807) is 0 Å². The zero-order chi connectivity index (χ0) is 9.26. The highest BCUT2D eigenvalue weighted by atomic mass is 15.2. The lowest BCUT2D eigenvalue weighted by Crippen LogP contribution is -2.06. The minimum atomic E-state index is 0.994. The summed E-state index contributed by atoms with van der Waals surface area (Å²) in [6.07, 6.45) is 6.20. The van der Waals surface area contributed by atoms with E-state index >= 15 is 0 Å². The van der Waals surface area contributed by atoms with Crippen molar-refractivity contribution in [2.24, 2.45) is 13.0 Å². The van der Waals surface area contributed by atoms with Crippen molar-refractivity contribution >= 4 is 5.95 Å². The fraction of sp³-hybridized carbons (Fsp3) is 0.700. The first kappa shape index (κ1) is 8.60. The molecule has 0 saturated heterocycles. The number of hydrogen-bond acceptors (Lipinski definition) is 2. The maximum atomic E-state index is 4.38. The van der Waals surface area contributed by atoms with Crippen LogP contribution in [0, 0.1) is 12.8 Å². The highest BCUT2D eigenvalue weighted by Gasteiger charge is 2.20. The second kappa shape index (κ2) is 3.40. The molecule has 1 aliphatic rings. The molecule has 0 bridgehead atoms. The molecule has 1 saturated carbocycles. The topological polar surface area (TPSA) is 29.9 Å². The predicted molar refractivity (Wildman–Crippen MR) is 53.8 cm³/mol. The van der Waals surface area contributed by atoms with Crippen molar-refractivity contribution in [2.75, 3.05) is 11.9 Å². The van der Waals surface area contributed by atoms with Crippen molar-refractivity contribution in [3.05, 3.63) is 11.9 Å². The standard InChI is InChI=1S/C10H17N3/c1-8-7-13(2)10(12-8)11-6-5-9-3-4-9/h7,9H,3-6H2,1-2H3,(H,11,12). The molecular weight excluding hydrogens is 162 g/mol. The van der Waals surface area contributed by atoms with E-state index < -0.39 is 0 Å². The SMILES string of the molecule is Cc1cn(C)c(NCCC2CC2)n1. The normalized spacial score (nSPS) is 16.2. The molecule has 72 valence electrons. The molecule has 1 aromatic rings. The van der Waals surface area contributed by atoms with Gasteiger partial charge in [-0.1, -0.05) is 12.8 Å². The Morgan fingerprint density at radius 2 is 2.38 bits per heavy atom. The molecule has 2 rings (SSSR count). The Morgan fingerprint density at radius 3 is 2.92 bits per heavy atom. The molecule has 0 radical (unpaired) electrons. The lowest BCUT2D eigenvalue weighted by Gasteiger charge is -2.04. The van der Waals surface area contributed by atoms with E-state index in [1.807, 2.05) is 24.7 Å². The molecule has 0 atom stereocenters. The molecule has 0 aliphatic heterocycles. The van der Waals surface area contributed by atoms with Gasteiger partial charge in [0.2, 0.25) is 5.95 Å². The van der Waals surface area contributed by atoms with Crippen LogP contribution in [0.15, 0.2) is 6.20 Å². The summed E-state index contributed by atoms with van der Waals surface area (Å²) in [5.41, 5.74) is 1.08. The van der Waals surface area contributed by atoms with Crippen molar-refractivity contribution in [3.8, 4) is 0 Å². The molecule has 3 heteroatoms. The molecule has 1 heterocycles. The van der Waals surface area contributed by atoms with Crippen molar-refractivity contribution in [1.29, 1.82) is 0 Å². The minimum absolute atomic E-state index is 0.994. The molecule has 0 unspecified atom stereocenters. The number of aromatic nitrogens is 2. The van der Waals surface area contributed by atoms with Gasteiger partial charge < -0.3 is 9.88 Å². The van der Waals surface area contributed by atoms with E-state index in [-0.39, 0.29) is 0 Å². The largest absolute Gasteiger partial charge is 0.356 e. The number of imidazole rings is 1. The molecule has 1 aromatic heterocycles. The van der Waals surface area contributed by atoms with Crippen LogP contribution in [-0.4, -0.2) is 16.1 Å². The fourth-order valence-electron chi connectivity index (χ4n) is 1.58. The summed E-state index contributed by atoms with van der Waals surface area (Å²) in [7, 11) is 2.03. The third kappa shape index (κ3) is 2.23. The maximum Gasteiger partial charge on any atom is 0.202 e. The summed E-state index contributed by atoms with van der Waals surface area (Å²) < 4.78 is 2.04. The van der Waals surface area contributed by atoms with Crippen LogP contribution < -0.4 is 5.32 Å². The highest BCUT2D eigenvalue weighted by molar-refractivity contribution is 5.27. The van der Waals surface area contributed by atoms with Gasteiger partial charge in [-0.15, -0.1) is 0 Å². The zero-order valence-electron chi connectivity index (χ0n) is 8.38. The van der Waals surface area contributed by atoms with E-state index in [1.165, 1.54) is 19.3 Å². The molecule has 1 fully saturated rings. The Balaban J connectivity index is 1.81. The third-order valence-electron chi connectivity index (χ3n) is 2.53. The first-order chi connectivity index (χ1) is 6.25. The van der Waals surface area contributed by atoms with E-state index in [0.717, 1.165) is 24.1 Å². The van der Waals surface area contributed by atoms with E-state index in [2.05, 4.69) is 10.3 Å². The highest BCUT2D eigenvalue weighted by Crippen LogP contribution is 2.31. The summed E-state index contributed by atoms with van der Waals surface area (Å²) in [4.78, 5) is 4.38. The number of rotatable bonds is 4. The number of anilines is 1. The van der Waals surface area contributed by atoms with E-state index in [9.17, 15) is 0 Å². The van der Waals surface area contributed by atoms with E-state index in [4.69, 9.17) is 0 Å². The summed E-state index contributed by atoms with van der Waals surface area (Å²) in [6.45, 7) is 3.08. The summed E-state index contributed by atoms with van der Waals surface area (Å²) in [5, 5.41) is 3.36. The van der Waals surface area contributed by atoms with Gasteiger partial charge in [0, 0.05) is 19.8 Å². The molecular formula is C10H17N3. The van der Waals surface area contributed by atoms with Gasteiger partial charge in [0.15, 0.2) is 0 Å². The smallest absolute Gasteiger partial charge is 0.202 e. The van der Waals surface area contributed by atoms with Crippen LogP contribution in [0.5, 0.6) is 0 Å². The summed E-state index contributed by atoms with van der Waals surface area (Å²) >= 11 is 0. The molecule has 0 amide bonds. The molecule has 13 heavy (non-hydrogen) atoms. The van der Waals surface area contributed by atoms with Crippen LogP contribution >= 0.6 is 0 Å². The number of nitrogens with zero attached hydrogens (tertiary/aromatic N) is 2. The second-order valence-electron chi connectivity index (χ2n) is 3.98. The number of hydrogen-bond donors (Lipinski definition) is 1. The summed E-state index contributed by atoms with van der Waals surface area (Å²) in [6, 6.07) is 0. The first-order valence-electron chi connectivity index (χ1n) is 4.99. The van der Waals surface area contributed by atoms with Gasteiger partial charge in [0.05, 0.1) is 5.69 Å². The molecule has 3 nitrogen and oxygen atoms in total. The molecule has 1 N–H and O–H groups in total. The quantitative estimate of drug-likeness (QED) is 0.765. The third-order valence-corrected chi connectivity index (χ3v) is 2.53. The van der Waals surface area contributed by atoms with Crippen LogP contribution in [0.1, 0.15) is 25.0 Å². The van der Waals surface area contributed by atoms with Crippen molar-refractivity contribution < 1.29 is 0 Å². The molecule has 1 aliphatic carbocycles. The Labute approximate surface area is 79.2 Å². The van der Waals surface area contributed by atoms with Gasteiger partial charge in [-0.3, -0.25) is 0 Å².